The monoisotopic (exact) mass is 384 g/mol. The third kappa shape index (κ3) is 3.17. The summed E-state index contributed by atoms with van der Waals surface area (Å²) in [5.41, 5.74) is 1.05. The number of hydrogen-bond donors (Lipinski definition) is 0. The second-order valence-corrected chi connectivity index (χ2v) is 7.90. The standard InChI is InChI=1S/C20H17ClN2O2S/c21-14-8-2-4-10-16(14)23-19(25)13-7-1-3-9-15(13)22-20(23)26-18-12-6-5-11-17(18)24/h1-4,7-10,18H,5-6,11-12H2. The van der Waals surface area contributed by atoms with Crippen LogP contribution in [0.15, 0.2) is 58.5 Å². The molecule has 1 fully saturated rings. The van der Waals surface area contributed by atoms with Crippen LogP contribution >= 0.6 is 23.4 Å². The molecule has 1 heterocycles. The Labute approximate surface area is 160 Å². The van der Waals surface area contributed by atoms with Crippen molar-refractivity contribution in [3.05, 3.63) is 63.9 Å². The van der Waals surface area contributed by atoms with Crippen LogP contribution in [0, 0.1) is 0 Å². The van der Waals surface area contributed by atoms with E-state index < -0.39 is 0 Å². The van der Waals surface area contributed by atoms with Gasteiger partial charge in [0.2, 0.25) is 0 Å². The lowest BCUT2D eigenvalue weighted by Gasteiger charge is -2.21. The molecule has 1 aromatic heterocycles. The Morgan fingerprint density at radius 2 is 1.81 bits per heavy atom. The number of aromatic nitrogens is 2. The van der Waals surface area contributed by atoms with Crippen LogP contribution in [-0.4, -0.2) is 20.6 Å². The van der Waals surface area contributed by atoms with Gasteiger partial charge in [-0.05, 0) is 37.1 Å². The molecule has 4 rings (SSSR count). The molecule has 1 unspecified atom stereocenters. The summed E-state index contributed by atoms with van der Waals surface area (Å²) in [6, 6.07) is 14.5. The molecule has 1 saturated carbocycles. The van der Waals surface area contributed by atoms with Crippen LogP contribution in [-0.2, 0) is 4.79 Å². The molecule has 6 heteroatoms. The van der Waals surface area contributed by atoms with E-state index in [2.05, 4.69) is 0 Å². The van der Waals surface area contributed by atoms with Crippen LogP contribution in [0.1, 0.15) is 25.7 Å². The number of benzene rings is 2. The van der Waals surface area contributed by atoms with E-state index in [0.29, 0.717) is 33.2 Å². The molecule has 26 heavy (non-hydrogen) atoms. The Kier molecular flexibility index (Phi) is 4.83. The quantitative estimate of drug-likeness (QED) is 0.617. The summed E-state index contributed by atoms with van der Waals surface area (Å²) in [6.45, 7) is 0. The zero-order chi connectivity index (χ0) is 18.1. The fourth-order valence-electron chi connectivity index (χ4n) is 3.24. The zero-order valence-corrected chi connectivity index (χ0v) is 15.6. The summed E-state index contributed by atoms with van der Waals surface area (Å²) in [5, 5.41) is 1.36. The van der Waals surface area contributed by atoms with Crippen molar-refractivity contribution < 1.29 is 4.79 Å². The maximum atomic E-state index is 13.2. The van der Waals surface area contributed by atoms with E-state index in [0.717, 1.165) is 19.3 Å². The van der Waals surface area contributed by atoms with Crippen LogP contribution in [0.5, 0.6) is 0 Å². The number of carbonyl (C=O) groups excluding carboxylic acids is 1. The number of hydrogen-bond acceptors (Lipinski definition) is 4. The largest absolute Gasteiger partial charge is 0.298 e. The Morgan fingerprint density at radius 1 is 1.04 bits per heavy atom. The normalized spacial score (nSPS) is 17.6. The number of halogens is 1. The fraction of sp³-hybridized carbons (Fsp3) is 0.250. The van der Waals surface area contributed by atoms with Crippen molar-refractivity contribution in [3.63, 3.8) is 0 Å². The number of rotatable bonds is 3. The average Bonchev–Trinajstić information content (AvgIpc) is 2.65. The van der Waals surface area contributed by atoms with Crippen molar-refractivity contribution in [3.8, 4) is 5.69 Å². The van der Waals surface area contributed by atoms with Gasteiger partial charge in [-0.3, -0.25) is 14.2 Å². The molecule has 2 aromatic carbocycles. The maximum absolute atomic E-state index is 13.2. The number of thioether (sulfide) groups is 1. The molecule has 132 valence electrons. The molecule has 4 nitrogen and oxygen atoms in total. The predicted octanol–water partition coefficient (Wildman–Crippen LogP) is 4.64. The molecular weight excluding hydrogens is 368 g/mol. The van der Waals surface area contributed by atoms with Gasteiger partial charge < -0.3 is 0 Å². The number of fused-ring (bicyclic) bond motifs is 1. The van der Waals surface area contributed by atoms with Crippen molar-refractivity contribution in [2.24, 2.45) is 0 Å². The lowest BCUT2D eigenvalue weighted by Crippen LogP contribution is -2.26. The highest BCUT2D eigenvalue weighted by molar-refractivity contribution is 8.00. The lowest BCUT2D eigenvalue weighted by atomic mass is 9.99. The summed E-state index contributed by atoms with van der Waals surface area (Å²) < 4.78 is 1.54. The van der Waals surface area contributed by atoms with Crippen LogP contribution in [0.2, 0.25) is 5.02 Å². The number of carbonyl (C=O) groups is 1. The zero-order valence-electron chi connectivity index (χ0n) is 14.0. The first-order valence-corrected chi connectivity index (χ1v) is 9.87. The smallest absolute Gasteiger partial charge is 0.266 e. The molecule has 1 aliphatic carbocycles. The topological polar surface area (TPSA) is 52.0 Å². The summed E-state index contributed by atoms with van der Waals surface area (Å²) in [7, 11) is 0. The van der Waals surface area contributed by atoms with Gasteiger partial charge in [-0.15, -0.1) is 0 Å². The molecule has 1 atom stereocenters. The first-order valence-electron chi connectivity index (χ1n) is 8.61. The number of ketones is 1. The van der Waals surface area contributed by atoms with Crippen molar-refractivity contribution >= 4 is 40.0 Å². The molecule has 0 bridgehead atoms. The highest BCUT2D eigenvalue weighted by Gasteiger charge is 2.26. The first-order chi connectivity index (χ1) is 12.6. The van der Waals surface area contributed by atoms with Crippen molar-refractivity contribution in [2.75, 3.05) is 0 Å². The minimum Gasteiger partial charge on any atom is -0.298 e. The van der Waals surface area contributed by atoms with Gasteiger partial charge in [0, 0.05) is 6.42 Å². The van der Waals surface area contributed by atoms with E-state index in [-0.39, 0.29) is 16.6 Å². The van der Waals surface area contributed by atoms with Crippen LogP contribution in [0.25, 0.3) is 16.6 Å². The molecule has 0 aliphatic heterocycles. The Morgan fingerprint density at radius 3 is 2.62 bits per heavy atom. The summed E-state index contributed by atoms with van der Waals surface area (Å²) in [4.78, 5) is 30.2. The molecule has 1 aliphatic rings. The van der Waals surface area contributed by atoms with Crippen molar-refractivity contribution in [2.45, 2.75) is 36.1 Å². The van der Waals surface area contributed by atoms with E-state index in [4.69, 9.17) is 16.6 Å². The molecule has 0 saturated heterocycles. The van der Waals surface area contributed by atoms with Gasteiger partial charge in [0.25, 0.3) is 5.56 Å². The molecule has 0 amide bonds. The van der Waals surface area contributed by atoms with Gasteiger partial charge in [-0.25, -0.2) is 4.98 Å². The molecule has 0 N–H and O–H groups in total. The third-order valence-corrected chi connectivity index (χ3v) is 6.17. The van der Waals surface area contributed by atoms with Crippen molar-refractivity contribution in [1.29, 1.82) is 0 Å². The minimum atomic E-state index is -0.172. The van der Waals surface area contributed by atoms with Crippen LogP contribution in [0.4, 0.5) is 0 Å². The average molecular weight is 385 g/mol. The second-order valence-electron chi connectivity index (χ2n) is 6.32. The summed E-state index contributed by atoms with van der Waals surface area (Å²) in [6.07, 6.45) is 3.38. The molecular formula is C20H17ClN2O2S. The minimum absolute atomic E-state index is 0.162. The van der Waals surface area contributed by atoms with E-state index in [1.165, 1.54) is 16.3 Å². The lowest BCUT2D eigenvalue weighted by molar-refractivity contribution is -0.119. The van der Waals surface area contributed by atoms with E-state index in [1.54, 1.807) is 18.2 Å². The van der Waals surface area contributed by atoms with Crippen LogP contribution < -0.4 is 5.56 Å². The number of nitrogens with zero attached hydrogens (tertiary/aromatic N) is 2. The van der Waals surface area contributed by atoms with E-state index in [1.807, 2.05) is 30.3 Å². The Bertz CT molecular complexity index is 1050. The van der Waals surface area contributed by atoms with Crippen molar-refractivity contribution in [1.82, 2.24) is 9.55 Å². The maximum Gasteiger partial charge on any atom is 0.266 e. The molecule has 0 radical (unpaired) electrons. The Hall–Kier alpha value is -2.11. The SMILES string of the molecule is O=C1CCCCC1Sc1nc2ccccc2c(=O)n1-c1ccccc1Cl. The predicted molar refractivity (Wildman–Crippen MR) is 105 cm³/mol. The van der Waals surface area contributed by atoms with Gasteiger partial charge in [0.15, 0.2) is 5.16 Å². The van der Waals surface area contributed by atoms with Crippen LogP contribution in [0.3, 0.4) is 0 Å². The van der Waals surface area contributed by atoms with E-state index >= 15 is 0 Å². The Balaban J connectivity index is 1.92. The number of Topliss-reactive ketones (excluding diaryl/α,β-unsaturated/α-hetero) is 1. The van der Waals surface area contributed by atoms with Gasteiger partial charge >= 0.3 is 0 Å². The highest BCUT2D eigenvalue weighted by Crippen LogP contribution is 2.33. The van der Waals surface area contributed by atoms with Gasteiger partial charge in [0.05, 0.1) is 26.9 Å². The van der Waals surface area contributed by atoms with E-state index in [9.17, 15) is 9.59 Å². The summed E-state index contributed by atoms with van der Waals surface area (Å²) >= 11 is 7.74. The summed E-state index contributed by atoms with van der Waals surface area (Å²) in [5.74, 6) is 0.231. The number of para-hydroxylation sites is 2. The third-order valence-electron chi connectivity index (χ3n) is 4.58. The fourth-order valence-corrected chi connectivity index (χ4v) is 4.69. The molecule has 3 aromatic rings. The highest BCUT2D eigenvalue weighted by atomic mass is 35.5. The second kappa shape index (κ2) is 7.25. The van der Waals surface area contributed by atoms with Gasteiger partial charge in [-0.1, -0.05) is 54.0 Å². The molecule has 0 spiro atoms. The van der Waals surface area contributed by atoms with Gasteiger partial charge in [0.1, 0.15) is 5.78 Å². The van der Waals surface area contributed by atoms with Gasteiger partial charge in [-0.2, -0.15) is 0 Å². The first kappa shape index (κ1) is 17.3.